The van der Waals surface area contributed by atoms with Gasteiger partial charge < -0.3 is 20.1 Å². The van der Waals surface area contributed by atoms with Crippen molar-refractivity contribution < 1.29 is 14.6 Å². The lowest BCUT2D eigenvalue weighted by molar-refractivity contribution is 0.0250. The first-order valence-electron chi connectivity index (χ1n) is 7.37. The maximum Gasteiger partial charge on any atom is 0.317 e. The van der Waals surface area contributed by atoms with Gasteiger partial charge in [-0.2, -0.15) is 0 Å². The van der Waals surface area contributed by atoms with Crippen molar-refractivity contribution >= 4 is 6.03 Å². The fourth-order valence-electron chi connectivity index (χ4n) is 2.40. The number of nitrogens with one attached hydrogen (secondary N) is 1. The van der Waals surface area contributed by atoms with Gasteiger partial charge in [0.1, 0.15) is 0 Å². The average molecular weight is 272 g/mol. The molecular weight excluding hydrogens is 244 g/mol. The lowest BCUT2D eigenvalue weighted by Crippen LogP contribution is -2.47. The molecule has 2 atom stereocenters. The van der Waals surface area contributed by atoms with Crippen molar-refractivity contribution in [3.8, 4) is 0 Å². The molecule has 1 aliphatic heterocycles. The van der Waals surface area contributed by atoms with Crippen LogP contribution in [-0.2, 0) is 4.74 Å². The number of aliphatic hydroxyl groups excluding tert-OH is 1. The molecule has 0 bridgehead atoms. The second-order valence-electron chi connectivity index (χ2n) is 5.50. The van der Waals surface area contributed by atoms with E-state index < -0.39 is 0 Å². The van der Waals surface area contributed by atoms with E-state index in [0.717, 1.165) is 25.8 Å². The zero-order valence-corrected chi connectivity index (χ0v) is 12.4. The topological polar surface area (TPSA) is 61.8 Å². The van der Waals surface area contributed by atoms with Crippen molar-refractivity contribution in [2.45, 2.75) is 52.2 Å². The molecule has 0 saturated carbocycles. The van der Waals surface area contributed by atoms with Crippen molar-refractivity contribution in [3.05, 3.63) is 0 Å². The number of β-amino-alcohol motifs (C(OH)–C–C–N with tert-alkyl or cyclic N) is 1. The maximum absolute atomic E-state index is 11.9. The second-order valence-corrected chi connectivity index (χ2v) is 5.50. The molecule has 5 nitrogen and oxygen atoms in total. The smallest absolute Gasteiger partial charge is 0.317 e. The molecule has 2 N–H and O–H groups in total. The van der Waals surface area contributed by atoms with Gasteiger partial charge in [0.05, 0.1) is 12.2 Å². The molecule has 0 aromatic rings. The number of aliphatic hydroxyl groups is 1. The molecule has 19 heavy (non-hydrogen) atoms. The molecule has 0 aliphatic carbocycles. The minimum atomic E-state index is -0.369. The highest BCUT2D eigenvalue weighted by atomic mass is 16.5. The first kappa shape index (κ1) is 16.2. The van der Waals surface area contributed by atoms with Crippen molar-refractivity contribution in [2.24, 2.45) is 5.92 Å². The SMILES string of the molecule is CCO[C@H](CCNC(=O)N1CCC[C@H](O)C1)C(C)C. The van der Waals surface area contributed by atoms with Crippen LogP contribution in [0.25, 0.3) is 0 Å². The summed E-state index contributed by atoms with van der Waals surface area (Å²) >= 11 is 0. The van der Waals surface area contributed by atoms with E-state index in [1.165, 1.54) is 0 Å². The van der Waals surface area contributed by atoms with Crippen LogP contribution in [0.3, 0.4) is 0 Å². The Morgan fingerprint density at radius 1 is 1.53 bits per heavy atom. The minimum absolute atomic E-state index is 0.0715. The number of nitrogens with zero attached hydrogens (tertiary/aromatic N) is 1. The third-order valence-electron chi connectivity index (χ3n) is 3.51. The Balaban J connectivity index is 2.25. The number of ether oxygens (including phenoxy) is 1. The fraction of sp³-hybridized carbons (Fsp3) is 0.929. The normalized spacial score (nSPS) is 21.5. The summed E-state index contributed by atoms with van der Waals surface area (Å²) in [6, 6.07) is -0.0715. The Hall–Kier alpha value is -0.810. The van der Waals surface area contributed by atoms with E-state index in [4.69, 9.17) is 4.74 Å². The van der Waals surface area contributed by atoms with Gasteiger partial charge >= 0.3 is 6.03 Å². The van der Waals surface area contributed by atoms with Crippen LogP contribution in [-0.4, -0.2) is 54.5 Å². The number of urea groups is 1. The summed E-state index contributed by atoms with van der Waals surface area (Å²) in [4.78, 5) is 13.6. The molecule has 112 valence electrons. The van der Waals surface area contributed by atoms with Gasteiger partial charge in [-0.15, -0.1) is 0 Å². The third kappa shape index (κ3) is 5.78. The molecule has 0 spiro atoms. The standard InChI is InChI=1S/C14H28N2O3/c1-4-19-13(11(2)3)7-8-15-14(18)16-9-5-6-12(17)10-16/h11-13,17H,4-10H2,1-3H3,(H,15,18)/t12-,13+/m0/s1. The average Bonchev–Trinajstić information content (AvgIpc) is 2.37. The second kappa shape index (κ2) is 8.38. The minimum Gasteiger partial charge on any atom is -0.391 e. The molecule has 0 unspecified atom stereocenters. The van der Waals surface area contributed by atoms with Gasteiger partial charge in [0.2, 0.25) is 0 Å². The number of amides is 2. The summed E-state index contributed by atoms with van der Waals surface area (Å²) in [6.45, 7) is 8.76. The predicted octanol–water partition coefficient (Wildman–Crippen LogP) is 1.60. The van der Waals surface area contributed by atoms with Crippen molar-refractivity contribution in [1.82, 2.24) is 10.2 Å². The number of rotatable bonds is 6. The first-order chi connectivity index (χ1) is 9.04. The van der Waals surface area contributed by atoms with E-state index in [1.807, 2.05) is 6.92 Å². The van der Waals surface area contributed by atoms with Crippen molar-refractivity contribution in [2.75, 3.05) is 26.2 Å². The quantitative estimate of drug-likeness (QED) is 0.772. The molecule has 1 saturated heterocycles. The van der Waals surface area contributed by atoms with Crippen LogP contribution in [0.1, 0.15) is 40.0 Å². The van der Waals surface area contributed by atoms with Gasteiger partial charge in [-0.25, -0.2) is 4.79 Å². The largest absolute Gasteiger partial charge is 0.391 e. The molecule has 0 radical (unpaired) electrons. The summed E-state index contributed by atoms with van der Waals surface area (Å²) in [7, 11) is 0. The lowest BCUT2D eigenvalue weighted by atomic mass is 10.0. The van der Waals surface area contributed by atoms with Gasteiger partial charge in [0.15, 0.2) is 0 Å². The Kier molecular flexibility index (Phi) is 7.16. The molecule has 1 aliphatic rings. The highest BCUT2D eigenvalue weighted by molar-refractivity contribution is 5.74. The van der Waals surface area contributed by atoms with Gasteiger partial charge in [-0.05, 0) is 32.1 Å². The zero-order valence-electron chi connectivity index (χ0n) is 12.4. The van der Waals surface area contributed by atoms with Gasteiger partial charge in [-0.3, -0.25) is 0 Å². The van der Waals surface area contributed by atoms with E-state index in [9.17, 15) is 9.90 Å². The molecule has 2 amide bonds. The predicted molar refractivity (Wildman–Crippen MR) is 75.1 cm³/mol. The fourth-order valence-corrected chi connectivity index (χ4v) is 2.40. The number of carbonyl (C=O) groups excluding carboxylic acids is 1. The van der Waals surface area contributed by atoms with Crippen LogP contribution in [0.4, 0.5) is 4.79 Å². The van der Waals surface area contributed by atoms with Crippen molar-refractivity contribution in [1.29, 1.82) is 0 Å². The summed E-state index contributed by atoms with van der Waals surface area (Å²) in [5, 5.41) is 12.5. The Labute approximate surface area is 116 Å². The van der Waals surface area contributed by atoms with Crippen molar-refractivity contribution in [3.63, 3.8) is 0 Å². The van der Waals surface area contributed by atoms with E-state index in [0.29, 0.717) is 25.6 Å². The van der Waals surface area contributed by atoms with Crippen LogP contribution in [0, 0.1) is 5.92 Å². The molecular formula is C14H28N2O3. The summed E-state index contributed by atoms with van der Waals surface area (Å²) in [5.74, 6) is 0.452. The number of piperidine rings is 1. The maximum atomic E-state index is 11.9. The number of hydrogen-bond donors (Lipinski definition) is 2. The highest BCUT2D eigenvalue weighted by Gasteiger charge is 2.22. The van der Waals surface area contributed by atoms with Crippen LogP contribution < -0.4 is 5.32 Å². The van der Waals surface area contributed by atoms with Crippen LogP contribution in [0.2, 0.25) is 0 Å². The highest BCUT2D eigenvalue weighted by Crippen LogP contribution is 2.11. The summed E-state index contributed by atoms with van der Waals surface area (Å²) in [6.07, 6.45) is 2.32. The van der Waals surface area contributed by atoms with Crippen LogP contribution >= 0.6 is 0 Å². The van der Waals surface area contributed by atoms with Gasteiger partial charge in [-0.1, -0.05) is 13.8 Å². The Morgan fingerprint density at radius 2 is 2.26 bits per heavy atom. The summed E-state index contributed by atoms with van der Waals surface area (Å²) in [5.41, 5.74) is 0. The Bertz CT molecular complexity index is 271. The van der Waals surface area contributed by atoms with E-state index >= 15 is 0 Å². The third-order valence-corrected chi connectivity index (χ3v) is 3.51. The number of likely N-dealkylation sites (tertiary alicyclic amines) is 1. The molecule has 1 heterocycles. The van der Waals surface area contributed by atoms with Crippen LogP contribution in [0.5, 0.6) is 0 Å². The number of hydrogen-bond acceptors (Lipinski definition) is 3. The summed E-state index contributed by atoms with van der Waals surface area (Å²) < 4.78 is 5.64. The monoisotopic (exact) mass is 272 g/mol. The molecule has 5 heteroatoms. The molecule has 0 aromatic heterocycles. The first-order valence-corrected chi connectivity index (χ1v) is 7.37. The van der Waals surface area contributed by atoms with E-state index in [1.54, 1.807) is 4.90 Å². The lowest BCUT2D eigenvalue weighted by Gasteiger charge is -2.30. The van der Waals surface area contributed by atoms with Crippen LogP contribution in [0.15, 0.2) is 0 Å². The van der Waals surface area contributed by atoms with E-state index in [-0.39, 0.29) is 18.2 Å². The Morgan fingerprint density at radius 3 is 2.84 bits per heavy atom. The van der Waals surface area contributed by atoms with Gasteiger partial charge in [0, 0.05) is 26.2 Å². The molecule has 1 fully saturated rings. The number of carbonyl (C=O) groups is 1. The van der Waals surface area contributed by atoms with E-state index in [2.05, 4.69) is 19.2 Å². The molecule has 1 rings (SSSR count). The van der Waals surface area contributed by atoms with Gasteiger partial charge in [0.25, 0.3) is 0 Å². The zero-order chi connectivity index (χ0) is 14.3. The molecule has 0 aromatic carbocycles.